The molecular weight excluding hydrogens is 206 g/mol. The number of nitrogens with zero attached hydrogens (tertiary/aromatic N) is 3. The van der Waals surface area contributed by atoms with E-state index in [1.165, 1.54) is 0 Å². The summed E-state index contributed by atoms with van der Waals surface area (Å²) in [4.78, 5) is 10.7. The second-order valence-corrected chi connectivity index (χ2v) is 3.92. The van der Waals surface area contributed by atoms with Crippen LogP contribution in [0.3, 0.4) is 0 Å². The zero-order valence-corrected chi connectivity index (χ0v) is 9.98. The van der Waals surface area contributed by atoms with E-state index in [-0.39, 0.29) is 5.78 Å². The van der Waals surface area contributed by atoms with Crippen molar-refractivity contribution in [2.45, 2.75) is 45.8 Å². The second kappa shape index (κ2) is 7.11. The number of aromatic nitrogens is 3. The van der Waals surface area contributed by atoms with Gasteiger partial charge in [-0.2, -0.15) is 0 Å². The first kappa shape index (κ1) is 12.8. The Bertz CT molecular complexity index is 323. The number of aryl methyl sites for hydroxylation is 1. The van der Waals surface area contributed by atoms with Gasteiger partial charge in [0.15, 0.2) is 0 Å². The van der Waals surface area contributed by atoms with E-state index in [1.54, 1.807) is 14.0 Å². The SMILES string of the molecule is COCc1cn(CCCCCC(C)=O)nn1. The van der Waals surface area contributed by atoms with Gasteiger partial charge in [-0.05, 0) is 19.8 Å². The first-order valence-corrected chi connectivity index (χ1v) is 5.59. The molecule has 5 nitrogen and oxygen atoms in total. The van der Waals surface area contributed by atoms with Crippen LogP contribution in [0.15, 0.2) is 6.20 Å². The summed E-state index contributed by atoms with van der Waals surface area (Å²) in [5, 5.41) is 7.95. The van der Waals surface area contributed by atoms with Gasteiger partial charge in [0, 0.05) is 20.1 Å². The smallest absolute Gasteiger partial charge is 0.129 e. The van der Waals surface area contributed by atoms with E-state index in [9.17, 15) is 4.79 Å². The Morgan fingerprint density at radius 1 is 1.44 bits per heavy atom. The minimum absolute atomic E-state index is 0.267. The van der Waals surface area contributed by atoms with Crippen molar-refractivity contribution in [1.29, 1.82) is 0 Å². The monoisotopic (exact) mass is 225 g/mol. The van der Waals surface area contributed by atoms with Crippen LogP contribution in [0.4, 0.5) is 0 Å². The van der Waals surface area contributed by atoms with Gasteiger partial charge in [0.05, 0.1) is 12.8 Å². The Balaban J connectivity index is 2.14. The number of hydrogen-bond acceptors (Lipinski definition) is 4. The van der Waals surface area contributed by atoms with Crippen LogP contribution in [0.2, 0.25) is 0 Å². The third kappa shape index (κ3) is 5.02. The number of carbonyl (C=O) groups excluding carboxylic acids is 1. The van der Waals surface area contributed by atoms with E-state index in [1.807, 2.05) is 10.9 Å². The average Bonchev–Trinajstić information content (AvgIpc) is 2.65. The summed E-state index contributed by atoms with van der Waals surface area (Å²) in [6.07, 6.45) is 5.64. The molecule has 0 aliphatic heterocycles. The van der Waals surface area contributed by atoms with Gasteiger partial charge in [-0.1, -0.05) is 11.6 Å². The lowest BCUT2D eigenvalue weighted by atomic mass is 10.1. The molecule has 0 radical (unpaired) electrons. The Morgan fingerprint density at radius 3 is 2.94 bits per heavy atom. The number of hydrogen-bond donors (Lipinski definition) is 0. The normalized spacial score (nSPS) is 10.6. The molecule has 0 bridgehead atoms. The lowest BCUT2D eigenvalue weighted by molar-refractivity contribution is -0.117. The molecule has 0 aliphatic carbocycles. The summed E-state index contributed by atoms with van der Waals surface area (Å²) in [7, 11) is 1.64. The number of Topliss-reactive ketones (excluding diaryl/α,β-unsaturated/α-hetero) is 1. The van der Waals surface area contributed by atoms with Crippen LogP contribution in [0.5, 0.6) is 0 Å². The lowest BCUT2D eigenvalue weighted by Gasteiger charge is -1.99. The minimum Gasteiger partial charge on any atom is -0.378 e. The van der Waals surface area contributed by atoms with Gasteiger partial charge in [0.25, 0.3) is 0 Å². The Labute approximate surface area is 95.8 Å². The summed E-state index contributed by atoms with van der Waals surface area (Å²) in [6, 6.07) is 0. The van der Waals surface area contributed by atoms with Gasteiger partial charge in [0.1, 0.15) is 11.5 Å². The Kier molecular flexibility index (Phi) is 5.71. The number of rotatable bonds is 8. The van der Waals surface area contributed by atoms with Crippen LogP contribution in [-0.2, 0) is 22.7 Å². The zero-order valence-electron chi connectivity index (χ0n) is 9.98. The summed E-state index contributed by atoms with van der Waals surface area (Å²) in [5.74, 6) is 0.267. The summed E-state index contributed by atoms with van der Waals surface area (Å²) in [6.45, 7) is 2.99. The van der Waals surface area contributed by atoms with Gasteiger partial charge in [-0.25, -0.2) is 0 Å². The van der Waals surface area contributed by atoms with Crippen LogP contribution in [-0.4, -0.2) is 27.9 Å². The lowest BCUT2D eigenvalue weighted by Crippen LogP contribution is -1.99. The van der Waals surface area contributed by atoms with Crippen molar-refractivity contribution in [1.82, 2.24) is 15.0 Å². The van der Waals surface area contributed by atoms with Crippen molar-refractivity contribution >= 4 is 5.78 Å². The highest BCUT2D eigenvalue weighted by molar-refractivity contribution is 5.75. The molecule has 1 heterocycles. The summed E-state index contributed by atoms with van der Waals surface area (Å²) < 4.78 is 6.78. The number of carbonyl (C=O) groups is 1. The summed E-state index contributed by atoms with van der Waals surface area (Å²) in [5.41, 5.74) is 0.853. The minimum atomic E-state index is 0.267. The van der Waals surface area contributed by atoms with Crippen LogP contribution in [0, 0.1) is 0 Å². The van der Waals surface area contributed by atoms with Gasteiger partial charge in [-0.3, -0.25) is 4.68 Å². The Morgan fingerprint density at radius 2 is 2.25 bits per heavy atom. The van der Waals surface area contributed by atoms with Gasteiger partial charge in [0.2, 0.25) is 0 Å². The highest BCUT2D eigenvalue weighted by Crippen LogP contribution is 2.03. The molecule has 0 spiro atoms. The second-order valence-electron chi connectivity index (χ2n) is 3.92. The van der Waals surface area contributed by atoms with Gasteiger partial charge >= 0.3 is 0 Å². The maximum absolute atomic E-state index is 10.7. The molecule has 1 rings (SSSR count). The molecule has 5 heteroatoms. The average molecular weight is 225 g/mol. The highest BCUT2D eigenvalue weighted by Gasteiger charge is 2.00. The molecule has 16 heavy (non-hydrogen) atoms. The number of ether oxygens (including phenoxy) is 1. The molecule has 0 saturated carbocycles. The molecule has 0 saturated heterocycles. The van der Waals surface area contributed by atoms with E-state index in [4.69, 9.17) is 4.74 Å². The van der Waals surface area contributed by atoms with E-state index in [2.05, 4.69) is 10.3 Å². The largest absolute Gasteiger partial charge is 0.378 e. The van der Waals surface area contributed by atoms with Crippen LogP contribution < -0.4 is 0 Å². The molecule has 0 atom stereocenters. The molecule has 1 aromatic heterocycles. The fraction of sp³-hybridized carbons (Fsp3) is 0.727. The summed E-state index contributed by atoms with van der Waals surface area (Å²) >= 11 is 0. The molecular formula is C11H19N3O2. The van der Waals surface area contributed by atoms with Crippen molar-refractivity contribution in [3.63, 3.8) is 0 Å². The van der Waals surface area contributed by atoms with Crippen LogP contribution >= 0.6 is 0 Å². The van der Waals surface area contributed by atoms with Crippen molar-refractivity contribution in [3.05, 3.63) is 11.9 Å². The van der Waals surface area contributed by atoms with Crippen molar-refractivity contribution in [2.24, 2.45) is 0 Å². The molecule has 0 fully saturated rings. The third-order valence-electron chi connectivity index (χ3n) is 2.29. The topological polar surface area (TPSA) is 57.0 Å². The Hall–Kier alpha value is -1.23. The molecule has 0 aromatic carbocycles. The number of unbranched alkanes of at least 4 members (excludes halogenated alkanes) is 2. The predicted octanol–water partition coefficient (Wildman–Crippen LogP) is 1.57. The first-order valence-electron chi connectivity index (χ1n) is 5.59. The van der Waals surface area contributed by atoms with Crippen LogP contribution in [0.1, 0.15) is 38.3 Å². The third-order valence-corrected chi connectivity index (χ3v) is 2.29. The zero-order chi connectivity index (χ0) is 11.8. The first-order chi connectivity index (χ1) is 7.72. The molecule has 1 aromatic rings. The van der Waals surface area contributed by atoms with Crippen molar-refractivity contribution < 1.29 is 9.53 Å². The molecule has 0 aliphatic rings. The van der Waals surface area contributed by atoms with Gasteiger partial charge < -0.3 is 9.53 Å². The van der Waals surface area contributed by atoms with E-state index in [0.29, 0.717) is 13.0 Å². The van der Waals surface area contributed by atoms with Crippen molar-refractivity contribution in [3.8, 4) is 0 Å². The maximum atomic E-state index is 10.7. The maximum Gasteiger partial charge on any atom is 0.129 e. The van der Waals surface area contributed by atoms with Crippen LogP contribution in [0.25, 0.3) is 0 Å². The van der Waals surface area contributed by atoms with E-state index < -0.39 is 0 Å². The molecule has 0 unspecified atom stereocenters. The van der Waals surface area contributed by atoms with Gasteiger partial charge in [-0.15, -0.1) is 5.10 Å². The highest BCUT2D eigenvalue weighted by atomic mass is 16.5. The standard InChI is InChI=1S/C11H19N3O2/c1-10(15)6-4-3-5-7-14-8-11(9-16-2)12-13-14/h8H,3-7,9H2,1-2H3. The molecule has 0 N–H and O–H groups in total. The van der Waals surface area contributed by atoms with E-state index in [0.717, 1.165) is 31.5 Å². The fourth-order valence-electron chi connectivity index (χ4n) is 1.49. The predicted molar refractivity (Wildman–Crippen MR) is 59.9 cm³/mol. The quantitative estimate of drug-likeness (QED) is 0.630. The van der Waals surface area contributed by atoms with E-state index >= 15 is 0 Å². The fourth-order valence-corrected chi connectivity index (χ4v) is 1.49. The van der Waals surface area contributed by atoms with Crippen molar-refractivity contribution in [2.75, 3.05) is 7.11 Å². The molecule has 0 amide bonds. The molecule has 90 valence electrons. The number of methoxy groups -OCH3 is 1. The number of ketones is 1.